The Morgan fingerprint density at radius 2 is 1.94 bits per heavy atom. The van der Waals surface area contributed by atoms with Crippen LogP contribution < -0.4 is 5.32 Å². The first-order chi connectivity index (χ1) is 7.32. The quantitative estimate of drug-likeness (QED) is 0.655. The van der Waals surface area contributed by atoms with Gasteiger partial charge >= 0.3 is 5.97 Å². The second-order valence-corrected chi connectivity index (χ2v) is 6.11. The van der Waals surface area contributed by atoms with E-state index in [0.717, 1.165) is 0 Å². The Kier molecular flexibility index (Phi) is 6.59. The van der Waals surface area contributed by atoms with Crippen LogP contribution in [0.25, 0.3) is 0 Å². The number of carbonyl (C=O) groups excluding carboxylic acids is 1. The van der Waals surface area contributed by atoms with Crippen LogP contribution in [0.2, 0.25) is 0 Å². The van der Waals surface area contributed by atoms with Crippen molar-refractivity contribution in [1.82, 2.24) is 5.32 Å². The summed E-state index contributed by atoms with van der Waals surface area (Å²) in [4.78, 5) is 11.1. The lowest BCUT2D eigenvalue weighted by Crippen LogP contribution is -2.39. The van der Waals surface area contributed by atoms with Gasteiger partial charge < -0.3 is 10.1 Å². The fourth-order valence-electron chi connectivity index (χ4n) is 1.32. The Labute approximate surface area is 97.5 Å². The van der Waals surface area contributed by atoms with Gasteiger partial charge in [-0.2, -0.15) is 0 Å². The molecule has 0 bridgehead atoms. The molecule has 5 nitrogen and oxygen atoms in total. The lowest BCUT2D eigenvalue weighted by Gasteiger charge is -2.19. The lowest BCUT2D eigenvalue weighted by atomic mass is 10.1. The molecular formula is C10H21NO4S. The Hall–Kier alpha value is -0.620. The van der Waals surface area contributed by atoms with Gasteiger partial charge in [0.05, 0.1) is 12.4 Å². The molecule has 0 aliphatic carbocycles. The molecule has 1 atom stereocenters. The number of sulfone groups is 1. The zero-order valence-corrected chi connectivity index (χ0v) is 11.1. The van der Waals surface area contributed by atoms with Gasteiger partial charge in [0, 0.05) is 6.04 Å². The van der Waals surface area contributed by atoms with E-state index in [4.69, 9.17) is 0 Å². The van der Waals surface area contributed by atoms with Crippen LogP contribution in [0.3, 0.4) is 0 Å². The largest absolute Gasteiger partial charge is 0.465 e. The first-order valence-electron chi connectivity index (χ1n) is 5.35. The third kappa shape index (κ3) is 6.07. The molecule has 0 aliphatic heterocycles. The van der Waals surface area contributed by atoms with Gasteiger partial charge in [-0.3, -0.25) is 4.79 Å². The molecule has 16 heavy (non-hydrogen) atoms. The molecule has 0 aromatic heterocycles. The van der Waals surface area contributed by atoms with E-state index in [2.05, 4.69) is 10.1 Å². The summed E-state index contributed by atoms with van der Waals surface area (Å²) >= 11 is 0. The summed E-state index contributed by atoms with van der Waals surface area (Å²) in [7, 11) is -1.68. The summed E-state index contributed by atoms with van der Waals surface area (Å²) in [5, 5.41) is 2.93. The van der Waals surface area contributed by atoms with Gasteiger partial charge in [0.25, 0.3) is 0 Å². The highest BCUT2D eigenvalue weighted by Crippen LogP contribution is 2.05. The molecule has 0 saturated heterocycles. The summed E-state index contributed by atoms with van der Waals surface area (Å²) in [6.07, 6.45) is 0. The van der Waals surface area contributed by atoms with Crippen molar-refractivity contribution in [1.29, 1.82) is 0 Å². The standard InChI is InChI=1S/C10H21NO4S/c1-5-15-10(12)7-16(13,14)6-9(11-4)8(2)3/h8-9,11H,5-7H2,1-4H3. The van der Waals surface area contributed by atoms with Crippen molar-refractivity contribution in [3.05, 3.63) is 0 Å². The fourth-order valence-corrected chi connectivity index (χ4v) is 2.98. The molecule has 6 heteroatoms. The van der Waals surface area contributed by atoms with Crippen LogP contribution in [-0.4, -0.2) is 45.6 Å². The Balaban J connectivity index is 4.39. The molecule has 0 radical (unpaired) electrons. The Morgan fingerprint density at radius 1 is 1.38 bits per heavy atom. The molecule has 0 rings (SSSR count). The smallest absolute Gasteiger partial charge is 0.321 e. The molecule has 0 amide bonds. The molecular weight excluding hydrogens is 230 g/mol. The van der Waals surface area contributed by atoms with Gasteiger partial charge in [0.1, 0.15) is 5.75 Å². The summed E-state index contributed by atoms with van der Waals surface area (Å²) in [6, 6.07) is -0.139. The van der Waals surface area contributed by atoms with E-state index in [1.165, 1.54) is 0 Å². The van der Waals surface area contributed by atoms with E-state index in [9.17, 15) is 13.2 Å². The summed E-state index contributed by atoms with van der Waals surface area (Å²) in [6.45, 7) is 5.71. The van der Waals surface area contributed by atoms with Gasteiger partial charge in [-0.25, -0.2) is 8.42 Å². The Morgan fingerprint density at radius 3 is 2.31 bits per heavy atom. The highest BCUT2D eigenvalue weighted by atomic mass is 32.2. The molecule has 0 aliphatic rings. The lowest BCUT2D eigenvalue weighted by molar-refractivity contribution is -0.139. The van der Waals surface area contributed by atoms with Crippen molar-refractivity contribution >= 4 is 15.8 Å². The SMILES string of the molecule is CCOC(=O)CS(=O)(=O)CC(NC)C(C)C. The maximum atomic E-state index is 11.6. The van der Waals surface area contributed by atoms with Crippen LogP contribution in [0.15, 0.2) is 0 Å². The number of hydrogen-bond acceptors (Lipinski definition) is 5. The summed E-state index contributed by atoms with van der Waals surface area (Å²) in [5.41, 5.74) is 0. The number of rotatable bonds is 7. The van der Waals surface area contributed by atoms with E-state index >= 15 is 0 Å². The summed E-state index contributed by atoms with van der Waals surface area (Å²) < 4.78 is 27.9. The second-order valence-electron chi connectivity index (χ2n) is 4.00. The maximum absolute atomic E-state index is 11.6. The molecule has 0 spiro atoms. The van der Waals surface area contributed by atoms with Crippen LogP contribution in [0.1, 0.15) is 20.8 Å². The van der Waals surface area contributed by atoms with E-state index < -0.39 is 21.6 Å². The molecule has 0 saturated carbocycles. The van der Waals surface area contributed by atoms with Gasteiger partial charge in [-0.15, -0.1) is 0 Å². The van der Waals surface area contributed by atoms with Crippen molar-refractivity contribution < 1.29 is 17.9 Å². The van der Waals surface area contributed by atoms with Crippen LogP contribution in [0.4, 0.5) is 0 Å². The average Bonchev–Trinajstić information content (AvgIpc) is 2.13. The van der Waals surface area contributed by atoms with Gasteiger partial charge in [0.15, 0.2) is 9.84 Å². The zero-order chi connectivity index (χ0) is 12.8. The van der Waals surface area contributed by atoms with Gasteiger partial charge in [0.2, 0.25) is 0 Å². The van der Waals surface area contributed by atoms with Crippen LogP contribution in [-0.2, 0) is 19.4 Å². The predicted molar refractivity (Wildman–Crippen MR) is 63.0 cm³/mol. The monoisotopic (exact) mass is 251 g/mol. The second kappa shape index (κ2) is 6.85. The highest BCUT2D eigenvalue weighted by Gasteiger charge is 2.23. The van der Waals surface area contributed by atoms with Crippen molar-refractivity contribution in [2.45, 2.75) is 26.8 Å². The van der Waals surface area contributed by atoms with E-state index in [0.29, 0.717) is 0 Å². The zero-order valence-electron chi connectivity index (χ0n) is 10.3. The first kappa shape index (κ1) is 15.4. The molecule has 0 aromatic carbocycles. The third-order valence-electron chi connectivity index (χ3n) is 2.25. The summed E-state index contributed by atoms with van der Waals surface area (Å²) in [5.74, 6) is -1.06. The Bertz CT molecular complexity index is 311. The number of carbonyl (C=O) groups is 1. The molecule has 1 unspecified atom stereocenters. The minimum absolute atomic E-state index is 0.0417. The predicted octanol–water partition coefficient (Wildman–Crippen LogP) is 0.208. The van der Waals surface area contributed by atoms with Gasteiger partial charge in [-0.1, -0.05) is 13.8 Å². The van der Waals surface area contributed by atoms with E-state index in [1.807, 2.05) is 13.8 Å². The van der Waals surface area contributed by atoms with Crippen molar-refractivity contribution in [2.24, 2.45) is 5.92 Å². The van der Waals surface area contributed by atoms with Crippen LogP contribution in [0, 0.1) is 5.92 Å². The minimum atomic E-state index is -3.40. The van der Waals surface area contributed by atoms with E-state index in [-0.39, 0.29) is 24.3 Å². The normalized spacial score (nSPS) is 13.8. The number of ether oxygens (including phenoxy) is 1. The van der Waals surface area contributed by atoms with Crippen molar-refractivity contribution in [2.75, 3.05) is 25.2 Å². The molecule has 0 fully saturated rings. The molecule has 1 N–H and O–H groups in total. The number of nitrogens with one attached hydrogen (secondary N) is 1. The first-order valence-corrected chi connectivity index (χ1v) is 7.17. The average molecular weight is 251 g/mol. The fraction of sp³-hybridized carbons (Fsp3) is 0.900. The number of hydrogen-bond donors (Lipinski definition) is 1. The van der Waals surface area contributed by atoms with Crippen molar-refractivity contribution in [3.8, 4) is 0 Å². The third-order valence-corrected chi connectivity index (χ3v) is 3.79. The van der Waals surface area contributed by atoms with Crippen molar-refractivity contribution in [3.63, 3.8) is 0 Å². The maximum Gasteiger partial charge on any atom is 0.321 e. The highest BCUT2D eigenvalue weighted by molar-refractivity contribution is 7.92. The molecule has 0 heterocycles. The van der Waals surface area contributed by atoms with Crippen LogP contribution >= 0.6 is 0 Å². The van der Waals surface area contributed by atoms with Crippen LogP contribution in [0.5, 0.6) is 0 Å². The molecule has 96 valence electrons. The molecule has 0 aromatic rings. The van der Waals surface area contributed by atoms with Gasteiger partial charge in [-0.05, 0) is 19.9 Å². The number of esters is 1. The topological polar surface area (TPSA) is 72.5 Å². The minimum Gasteiger partial charge on any atom is -0.465 e. The van der Waals surface area contributed by atoms with E-state index in [1.54, 1.807) is 14.0 Å².